The van der Waals surface area contributed by atoms with Crippen LogP contribution in [0.1, 0.15) is 18.1 Å². The van der Waals surface area contributed by atoms with Crippen LogP contribution in [-0.2, 0) is 0 Å². The molecule has 1 aliphatic carbocycles. The molecular weight excluding hydrogens is 414 g/mol. The van der Waals surface area contributed by atoms with Gasteiger partial charge in [-0.25, -0.2) is 4.98 Å². The van der Waals surface area contributed by atoms with Gasteiger partial charge in [-0.3, -0.25) is 4.79 Å². The van der Waals surface area contributed by atoms with Crippen molar-refractivity contribution < 1.29 is 9.15 Å². The van der Waals surface area contributed by atoms with Crippen LogP contribution >= 0.6 is 0 Å². The second kappa shape index (κ2) is 8.52. The Labute approximate surface area is 193 Å². The summed E-state index contributed by atoms with van der Waals surface area (Å²) in [5, 5.41) is 0. The zero-order valence-electron chi connectivity index (χ0n) is 19.6. The van der Waals surface area contributed by atoms with Crippen molar-refractivity contribution in [3.05, 3.63) is 63.8 Å². The first kappa shape index (κ1) is 21.5. The van der Waals surface area contributed by atoms with Gasteiger partial charge in [-0.1, -0.05) is 19.1 Å². The van der Waals surface area contributed by atoms with Crippen molar-refractivity contribution >= 4 is 16.8 Å². The van der Waals surface area contributed by atoms with Gasteiger partial charge in [0.25, 0.3) is 0 Å². The van der Waals surface area contributed by atoms with E-state index < -0.39 is 0 Å². The molecule has 1 fully saturated rings. The smallest absolute Gasteiger partial charge is 0.193 e. The first-order chi connectivity index (χ1) is 16.0. The highest BCUT2D eigenvalue weighted by atomic mass is 16.5. The number of methoxy groups -OCH3 is 1. The van der Waals surface area contributed by atoms with Gasteiger partial charge in [-0.2, -0.15) is 0 Å². The summed E-state index contributed by atoms with van der Waals surface area (Å²) in [6.07, 6.45) is 0. The molecule has 0 N–H and O–H groups in total. The average Bonchev–Trinajstić information content (AvgIpc) is 2.87. The van der Waals surface area contributed by atoms with E-state index in [9.17, 15) is 4.79 Å². The molecule has 33 heavy (non-hydrogen) atoms. The Kier molecular flexibility index (Phi) is 5.54. The molecule has 0 unspecified atom stereocenters. The third-order valence-electron chi connectivity index (χ3n) is 6.88. The minimum absolute atomic E-state index is 0.0524. The zero-order chi connectivity index (χ0) is 23.1. The van der Waals surface area contributed by atoms with E-state index in [4.69, 9.17) is 14.1 Å². The Bertz CT molecular complexity index is 1350. The lowest BCUT2D eigenvalue weighted by molar-refractivity contribution is 0.271. The standard InChI is InChI=1S/C27H29N3O3/c1-5-29-12-14-30(15-13-29)19-10-11-20(23(16-19)32-4)24-26(31)18(3)17(2)25-27(24)33-22-9-7-6-8-21(22)28-25/h6-11,16H,5,12-15H2,1-4H3. The van der Waals surface area contributed by atoms with Gasteiger partial charge in [0.1, 0.15) is 17.0 Å². The lowest BCUT2D eigenvalue weighted by Crippen LogP contribution is -2.46. The number of ether oxygens (including phenoxy) is 1. The maximum atomic E-state index is 13.5. The summed E-state index contributed by atoms with van der Waals surface area (Å²) in [6.45, 7) is 11.1. The quantitative estimate of drug-likeness (QED) is 0.425. The Morgan fingerprint density at radius 3 is 2.52 bits per heavy atom. The number of anilines is 1. The molecule has 0 saturated carbocycles. The summed E-state index contributed by atoms with van der Waals surface area (Å²) in [5.74, 6) is 1.17. The highest BCUT2D eigenvalue weighted by molar-refractivity contribution is 5.88. The summed E-state index contributed by atoms with van der Waals surface area (Å²) in [6, 6.07) is 13.7. The molecule has 1 saturated heterocycles. The van der Waals surface area contributed by atoms with Crippen LogP contribution in [0.25, 0.3) is 33.7 Å². The van der Waals surface area contributed by atoms with Gasteiger partial charge in [0.05, 0.1) is 12.7 Å². The van der Waals surface area contributed by atoms with Crippen molar-refractivity contribution in [1.82, 2.24) is 9.88 Å². The molecule has 3 aliphatic rings. The van der Waals surface area contributed by atoms with E-state index in [2.05, 4.69) is 22.8 Å². The number of nitrogens with zero attached hydrogens (tertiary/aromatic N) is 3. The minimum Gasteiger partial charge on any atom is -0.496 e. The molecule has 2 aliphatic heterocycles. The van der Waals surface area contributed by atoms with Crippen molar-refractivity contribution in [3.8, 4) is 28.3 Å². The highest BCUT2D eigenvalue weighted by Gasteiger charge is 2.26. The van der Waals surface area contributed by atoms with Crippen LogP contribution < -0.4 is 15.1 Å². The Hall–Kier alpha value is -3.38. The SMILES string of the molecule is CCN1CCN(c2ccc(-c3c4oc5ccccc5nc-4c(C)c(C)c3=O)c(OC)c2)CC1. The summed E-state index contributed by atoms with van der Waals surface area (Å²) >= 11 is 0. The first-order valence-corrected chi connectivity index (χ1v) is 11.5. The minimum atomic E-state index is -0.0524. The van der Waals surface area contributed by atoms with E-state index in [1.54, 1.807) is 7.11 Å². The third kappa shape index (κ3) is 3.64. The molecule has 5 rings (SSSR count). The van der Waals surface area contributed by atoms with E-state index in [-0.39, 0.29) is 5.43 Å². The molecular formula is C27H29N3O3. The fourth-order valence-electron chi connectivity index (χ4n) is 4.68. The largest absolute Gasteiger partial charge is 0.496 e. The first-order valence-electron chi connectivity index (χ1n) is 11.5. The summed E-state index contributed by atoms with van der Waals surface area (Å²) in [4.78, 5) is 23.2. The molecule has 6 heteroatoms. The fourth-order valence-corrected chi connectivity index (χ4v) is 4.68. The number of hydrogen-bond acceptors (Lipinski definition) is 6. The van der Waals surface area contributed by atoms with Crippen molar-refractivity contribution in [2.75, 3.05) is 44.7 Å². The van der Waals surface area contributed by atoms with Gasteiger partial charge in [-0.05, 0) is 50.2 Å². The fraction of sp³-hybridized carbons (Fsp3) is 0.333. The lowest BCUT2D eigenvalue weighted by atomic mass is 9.93. The van der Waals surface area contributed by atoms with Gasteiger partial charge >= 0.3 is 0 Å². The molecule has 0 atom stereocenters. The molecule has 6 nitrogen and oxygen atoms in total. The van der Waals surface area contributed by atoms with Crippen LogP contribution in [0.4, 0.5) is 5.69 Å². The molecule has 0 amide bonds. The monoisotopic (exact) mass is 443 g/mol. The summed E-state index contributed by atoms with van der Waals surface area (Å²) < 4.78 is 12.1. The number of likely N-dealkylation sites (N-methyl/N-ethyl adjacent to an activating group) is 1. The normalized spacial score (nSPS) is 14.8. The number of piperazine rings is 1. The maximum absolute atomic E-state index is 13.5. The van der Waals surface area contributed by atoms with Crippen LogP contribution in [0, 0.1) is 13.8 Å². The molecule has 2 aromatic carbocycles. The van der Waals surface area contributed by atoms with E-state index in [0.29, 0.717) is 33.9 Å². The van der Waals surface area contributed by atoms with E-state index >= 15 is 0 Å². The lowest BCUT2D eigenvalue weighted by Gasteiger charge is -2.35. The van der Waals surface area contributed by atoms with E-state index in [1.165, 1.54) is 0 Å². The number of fused-ring (bicyclic) bond motifs is 2. The molecule has 170 valence electrons. The third-order valence-corrected chi connectivity index (χ3v) is 6.88. The molecule has 0 bridgehead atoms. The van der Waals surface area contributed by atoms with Crippen LogP contribution in [0.2, 0.25) is 0 Å². The Morgan fingerprint density at radius 2 is 1.79 bits per heavy atom. The predicted molar refractivity (Wildman–Crippen MR) is 133 cm³/mol. The highest BCUT2D eigenvalue weighted by Crippen LogP contribution is 2.40. The van der Waals surface area contributed by atoms with Gasteiger partial charge in [0.15, 0.2) is 16.8 Å². The van der Waals surface area contributed by atoms with Gasteiger partial charge in [0, 0.05) is 49.1 Å². The maximum Gasteiger partial charge on any atom is 0.193 e. The predicted octanol–water partition coefficient (Wildman–Crippen LogP) is 4.73. The number of benzene rings is 3. The van der Waals surface area contributed by atoms with E-state index in [0.717, 1.165) is 55.1 Å². The Morgan fingerprint density at radius 1 is 1.03 bits per heavy atom. The second-order valence-electron chi connectivity index (χ2n) is 8.62. The van der Waals surface area contributed by atoms with Gasteiger partial charge < -0.3 is 19.0 Å². The molecule has 0 radical (unpaired) electrons. The van der Waals surface area contributed by atoms with Gasteiger partial charge in [-0.15, -0.1) is 0 Å². The van der Waals surface area contributed by atoms with Crippen molar-refractivity contribution in [1.29, 1.82) is 0 Å². The average molecular weight is 444 g/mol. The zero-order valence-corrected chi connectivity index (χ0v) is 19.6. The molecule has 2 heterocycles. The summed E-state index contributed by atoms with van der Waals surface area (Å²) in [5.41, 5.74) is 5.94. The molecule has 0 spiro atoms. The van der Waals surface area contributed by atoms with Crippen molar-refractivity contribution in [2.45, 2.75) is 20.8 Å². The molecule has 2 aromatic rings. The van der Waals surface area contributed by atoms with Crippen molar-refractivity contribution in [2.24, 2.45) is 0 Å². The number of hydrogen-bond donors (Lipinski definition) is 0. The second-order valence-corrected chi connectivity index (χ2v) is 8.62. The number of aromatic nitrogens is 1. The van der Waals surface area contributed by atoms with Crippen LogP contribution in [0.3, 0.4) is 0 Å². The topological polar surface area (TPSA) is 58.8 Å². The van der Waals surface area contributed by atoms with Crippen LogP contribution in [0.5, 0.6) is 5.75 Å². The number of rotatable bonds is 4. The molecule has 0 aromatic heterocycles. The van der Waals surface area contributed by atoms with Crippen molar-refractivity contribution in [3.63, 3.8) is 0 Å². The van der Waals surface area contributed by atoms with E-state index in [1.807, 2.05) is 50.2 Å². The van der Waals surface area contributed by atoms with Gasteiger partial charge in [0.2, 0.25) is 0 Å². The Balaban J connectivity index is 1.67. The number of para-hydroxylation sites is 2. The summed E-state index contributed by atoms with van der Waals surface area (Å²) in [7, 11) is 1.65. The van der Waals surface area contributed by atoms with Crippen LogP contribution in [0.15, 0.2) is 51.7 Å². The van der Waals surface area contributed by atoms with Crippen LogP contribution in [-0.4, -0.2) is 49.7 Å².